The van der Waals surface area contributed by atoms with Crippen molar-refractivity contribution in [2.75, 3.05) is 0 Å². The lowest BCUT2D eigenvalue weighted by Gasteiger charge is -2.60. The van der Waals surface area contributed by atoms with Crippen LogP contribution in [0.15, 0.2) is 12.2 Å². The van der Waals surface area contributed by atoms with E-state index in [2.05, 4.69) is 60.6 Å². The van der Waals surface area contributed by atoms with Crippen molar-refractivity contribution in [3.05, 3.63) is 12.2 Å². The fourth-order valence-corrected chi connectivity index (χ4v) is 9.70. The Kier molecular flexibility index (Phi) is 6.78. The molecule has 0 saturated heterocycles. The molecule has 0 amide bonds. The van der Waals surface area contributed by atoms with E-state index in [1.54, 1.807) is 0 Å². The fraction of sp³-hybridized carbons (Fsp3) is 0.933. The van der Waals surface area contributed by atoms with Crippen molar-refractivity contribution in [3.63, 3.8) is 0 Å². The standard InChI is InChI=1S/C30H52O/c1-8-22(19(2)3)10-9-20(4)24-13-14-26-23-11-12-25-21(5)28(31)16-18-30(25,7)27(23)15-17-29(24,26)6/h11-12,19-28,31H,8-10,13-18H2,1-7H3/t20-,21+,22-,23+,24-,25+,26+,27+,28+,29-,30+/m1/s1. The first-order valence-electron chi connectivity index (χ1n) is 14.0. The molecule has 11 atom stereocenters. The van der Waals surface area contributed by atoms with Gasteiger partial charge in [0.2, 0.25) is 0 Å². The molecule has 1 nitrogen and oxygen atoms in total. The van der Waals surface area contributed by atoms with Gasteiger partial charge in [-0.2, -0.15) is 0 Å². The number of rotatable bonds is 6. The van der Waals surface area contributed by atoms with Gasteiger partial charge in [-0.05, 0) is 109 Å². The molecule has 0 aromatic heterocycles. The van der Waals surface area contributed by atoms with Crippen LogP contribution in [0.2, 0.25) is 0 Å². The van der Waals surface area contributed by atoms with Crippen molar-refractivity contribution in [1.82, 2.24) is 0 Å². The molecule has 1 N–H and O–H groups in total. The second-order valence-corrected chi connectivity index (χ2v) is 13.4. The molecule has 4 aliphatic carbocycles. The molecule has 0 unspecified atom stereocenters. The van der Waals surface area contributed by atoms with Crippen LogP contribution in [0.4, 0.5) is 0 Å². The predicted octanol–water partition coefficient (Wildman–Crippen LogP) is 8.13. The summed E-state index contributed by atoms with van der Waals surface area (Å²) in [5, 5.41) is 10.5. The number of aliphatic hydroxyl groups excluding tert-OH is 1. The third-order valence-electron chi connectivity index (χ3n) is 11.9. The van der Waals surface area contributed by atoms with Crippen LogP contribution in [0.25, 0.3) is 0 Å². The normalized spacial score (nSPS) is 48.7. The van der Waals surface area contributed by atoms with E-state index in [1.165, 1.54) is 51.4 Å². The first-order valence-corrected chi connectivity index (χ1v) is 14.0. The predicted molar refractivity (Wildman–Crippen MR) is 133 cm³/mol. The lowest BCUT2D eigenvalue weighted by atomic mass is 9.45. The summed E-state index contributed by atoms with van der Waals surface area (Å²) in [5.74, 6) is 7.07. The molecule has 0 radical (unpaired) electrons. The highest BCUT2D eigenvalue weighted by Gasteiger charge is 2.60. The van der Waals surface area contributed by atoms with Gasteiger partial charge in [0.25, 0.3) is 0 Å². The van der Waals surface area contributed by atoms with Crippen LogP contribution in [0.1, 0.15) is 106 Å². The summed E-state index contributed by atoms with van der Waals surface area (Å²) >= 11 is 0. The summed E-state index contributed by atoms with van der Waals surface area (Å²) in [6, 6.07) is 0. The molecule has 1 heteroatoms. The van der Waals surface area contributed by atoms with E-state index < -0.39 is 0 Å². The molecule has 0 aromatic carbocycles. The summed E-state index contributed by atoms with van der Waals surface area (Å²) in [6.07, 6.45) is 17.4. The molecule has 0 heterocycles. The Morgan fingerprint density at radius 3 is 2.26 bits per heavy atom. The van der Waals surface area contributed by atoms with Crippen molar-refractivity contribution in [2.24, 2.45) is 64.1 Å². The molecule has 0 bridgehead atoms. The molecular formula is C30H52O. The molecule has 3 fully saturated rings. The van der Waals surface area contributed by atoms with Crippen molar-refractivity contribution in [1.29, 1.82) is 0 Å². The van der Waals surface area contributed by atoms with Gasteiger partial charge >= 0.3 is 0 Å². The number of hydrogen-bond donors (Lipinski definition) is 1. The van der Waals surface area contributed by atoms with Crippen LogP contribution >= 0.6 is 0 Å². The number of aliphatic hydroxyl groups is 1. The SMILES string of the molecule is CC[C@H](CC[C@@H](C)[C@H]1CC[C@H]2[C@@H]3C=C[C@H]4[C@H](C)[C@@H](O)CC[C@]4(C)[C@H]3CC[C@]12C)C(C)C. The summed E-state index contributed by atoms with van der Waals surface area (Å²) in [4.78, 5) is 0. The highest BCUT2D eigenvalue weighted by atomic mass is 16.3. The quantitative estimate of drug-likeness (QED) is 0.423. The van der Waals surface area contributed by atoms with Crippen molar-refractivity contribution in [3.8, 4) is 0 Å². The first-order chi connectivity index (χ1) is 14.6. The molecule has 0 aromatic rings. The second-order valence-electron chi connectivity index (χ2n) is 13.4. The van der Waals surface area contributed by atoms with E-state index in [0.717, 1.165) is 47.8 Å². The molecule has 31 heavy (non-hydrogen) atoms. The highest BCUT2D eigenvalue weighted by Crippen LogP contribution is 2.67. The average Bonchev–Trinajstić information content (AvgIpc) is 3.08. The lowest BCUT2D eigenvalue weighted by molar-refractivity contribution is -0.102. The molecular weight excluding hydrogens is 376 g/mol. The minimum Gasteiger partial charge on any atom is -0.393 e. The average molecular weight is 429 g/mol. The zero-order valence-electron chi connectivity index (χ0n) is 21.7. The molecule has 178 valence electrons. The summed E-state index contributed by atoms with van der Waals surface area (Å²) < 4.78 is 0. The van der Waals surface area contributed by atoms with Gasteiger partial charge in [-0.1, -0.05) is 73.5 Å². The molecule has 3 saturated carbocycles. The number of hydrogen-bond acceptors (Lipinski definition) is 1. The second kappa shape index (κ2) is 8.81. The Hall–Kier alpha value is -0.300. The maximum absolute atomic E-state index is 10.5. The van der Waals surface area contributed by atoms with Crippen molar-refractivity contribution in [2.45, 2.75) is 112 Å². The van der Waals surface area contributed by atoms with Crippen LogP contribution < -0.4 is 0 Å². The van der Waals surface area contributed by atoms with Gasteiger partial charge in [-0.3, -0.25) is 0 Å². The molecule has 4 rings (SSSR count). The van der Waals surface area contributed by atoms with E-state index >= 15 is 0 Å². The molecule has 0 aliphatic heterocycles. The topological polar surface area (TPSA) is 20.2 Å². The van der Waals surface area contributed by atoms with Crippen LogP contribution in [0.5, 0.6) is 0 Å². The lowest BCUT2D eigenvalue weighted by Crippen LogP contribution is -2.54. The van der Waals surface area contributed by atoms with Gasteiger partial charge in [0.1, 0.15) is 0 Å². The number of allylic oxidation sites excluding steroid dienone is 2. The summed E-state index contributed by atoms with van der Waals surface area (Å²) in [5.41, 5.74) is 0.960. The Labute approximate surface area is 193 Å². The third kappa shape index (κ3) is 3.87. The van der Waals surface area contributed by atoms with Gasteiger partial charge in [-0.15, -0.1) is 0 Å². The van der Waals surface area contributed by atoms with E-state index in [1.807, 2.05) is 0 Å². The Balaban J connectivity index is 1.50. The van der Waals surface area contributed by atoms with Crippen LogP contribution in [0, 0.1) is 64.1 Å². The van der Waals surface area contributed by atoms with Gasteiger partial charge < -0.3 is 5.11 Å². The first kappa shape index (κ1) is 23.8. The van der Waals surface area contributed by atoms with Crippen LogP contribution in [0.3, 0.4) is 0 Å². The zero-order valence-corrected chi connectivity index (χ0v) is 21.7. The number of fused-ring (bicyclic) bond motifs is 5. The van der Waals surface area contributed by atoms with E-state index in [9.17, 15) is 5.11 Å². The smallest absolute Gasteiger partial charge is 0.0571 e. The monoisotopic (exact) mass is 428 g/mol. The van der Waals surface area contributed by atoms with Gasteiger partial charge in [0, 0.05) is 0 Å². The van der Waals surface area contributed by atoms with E-state index in [4.69, 9.17) is 0 Å². The maximum atomic E-state index is 10.5. The van der Waals surface area contributed by atoms with Crippen molar-refractivity contribution < 1.29 is 5.11 Å². The third-order valence-corrected chi connectivity index (χ3v) is 11.9. The van der Waals surface area contributed by atoms with Crippen LogP contribution in [-0.4, -0.2) is 11.2 Å². The van der Waals surface area contributed by atoms with Gasteiger partial charge in [-0.25, -0.2) is 0 Å². The molecule has 4 aliphatic rings. The largest absolute Gasteiger partial charge is 0.393 e. The summed E-state index contributed by atoms with van der Waals surface area (Å²) in [6.45, 7) is 17.4. The van der Waals surface area contributed by atoms with E-state index in [-0.39, 0.29) is 6.10 Å². The van der Waals surface area contributed by atoms with Gasteiger partial charge in [0.05, 0.1) is 6.10 Å². The Morgan fingerprint density at radius 1 is 0.903 bits per heavy atom. The Bertz CT molecular complexity index is 651. The maximum Gasteiger partial charge on any atom is 0.0571 e. The minimum absolute atomic E-state index is 0.0948. The minimum atomic E-state index is -0.0948. The highest BCUT2D eigenvalue weighted by molar-refractivity contribution is 5.19. The van der Waals surface area contributed by atoms with Crippen molar-refractivity contribution >= 4 is 0 Å². The zero-order chi connectivity index (χ0) is 22.6. The Morgan fingerprint density at radius 2 is 1.58 bits per heavy atom. The fourth-order valence-electron chi connectivity index (χ4n) is 9.70. The molecule has 0 spiro atoms. The van der Waals surface area contributed by atoms with Crippen LogP contribution in [-0.2, 0) is 0 Å². The van der Waals surface area contributed by atoms with Gasteiger partial charge in [0.15, 0.2) is 0 Å². The van der Waals surface area contributed by atoms with E-state index in [0.29, 0.717) is 22.7 Å². The summed E-state index contributed by atoms with van der Waals surface area (Å²) in [7, 11) is 0.